The molecule has 0 aliphatic heterocycles. The van der Waals surface area contributed by atoms with E-state index >= 15 is 0 Å². The molecule has 0 spiro atoms. The highest BCUT2D eigenvalue weighted by atomic mass is 35.5. The van der Waals surface area contributed by atoms with Crippen molar-refractivity contribution in [3.63, 3.8) is 0 Å². The topological polar surface area (TPSA) is 63.6 Å². The van der Waals surface area contributed by atoms with Gasteiger partial charge in [-0.05, 0) is 23.8 Å². The maximum atomic E-state index is 12.1. The molecule has 1 N–H and O–H groups in total. The smallest absolute Gasteiger partial charge is 0.332 e. The Labute approximate surface area is 163 Å². The molecule has 0 amide bonds. The minimum absolute atomic E-state index is 0.0512. The van der Waals surface area contributed by atoms with Gasteiger partial charge in [0.1, 0.15) is 15.8 Å². The summed E-state index contributed by atoms with van der Waals surface area (Å²) in [6.07, 6.45) is 1.26. The number of phenolic OH excluding ortho intramolecular Hbond substituents is 1. The van der Waals surface area contributed by atoms with Crippen LogP contribution in [-0.2, 0) is 10.1 Å². The number of hydrogen-bond acceptors (Lipinski definition) is 4. The molecule has 24 heavy (non-hydrogen) atoms. The molecule has 0 atom stereocenters. The summed E-state index contributed by atoms with van der Waals surface area (Å²) >= 11 is 29.4. The zero-order valence-electron chi connectivity index (χ0n) is 11.4. The van der Waals surface area contributed by atoms with Crippen molar-refractivity contribution >= 4 is 74.2 Å². The molecule has 10 heteroatoms. The number of hydrogen-bond donors (Lipinski definition) is 1. The molecule has 0 aromatic heterocycles. The summed E-state index contributed by atoms with van der Waals surface area (Å²) in [7, 11) is -4.21. The number of benzene rings is 2. The van der Waals surface area contributed by atoms with Crippen LogP contribution in [0.2, 0.25) is 25.1 Å². The van der Waals surface area contributed by atoms with Crippen molar-refractivity contribution in [3.05, 3.63) is 60.4 Å². The van der Waals surface area contributed by atoms with Gasteiger partial charge in [0.2, 0.25) is 0 Å². The number of rotatable bonds is 4. The van der Waals surface area contributed by atoms with Crippen LogP contribution in [0.5, 0.6) is 11.5 Å². The van der Waals surface area contributed by atoms with E-state index in [0.717, 1.165) is 5.41 Å². The monoisotopic (exact) mass is 446 g/mol. The highest BCUT2D eigenvalue weighted by molar-refractivity contribution is 7.90. The first-order valence-corrected chi connectivity index (χ1v) is 9.41. The largest absolute Gasteiger partial charge is 0.508 e. The number of halogens is 5. The molecule has 0 radical (unpaired) electrons. The van der Waals surface area contributed by atoms with Gasteiger partial charge in [-0.25, -0.2) is 0 Å². The molecule has 4 nitrogen and oxygen atoms in total. The Balaban J connectivity index is 2.35. The van der Waals surface area contributed by atoms with E-state index in [-0.39, 0.29) is 30.9 Å². The molecule has 2 aromatic rings. The van der Waals surface area contributed by atoms with Gasteiger partial charge in [0.15, 0.2) is 5.75 Å². The zero-order valence-corrected chi connectivity index (χ0v) is 16.0. The van der Waals surface area contributed by atoms with Crippen molar-refractivity contribution in [2.24, 2.45) is 0 Å². The Morgan fingerprint density at radius 3 is 1.79 bits per heavy atom. The molecule has 0 saturated heterocycles. The predicted molar refractivity (Wildman–Crippen MR) is 98.2 cm³/mol. The summed E-state index contributed by atoms with van der Waals surface area (Å²) in [4.78, 5) is 0. The van der Waals surface area contributed by atoms with Crippen LogP contribution in [0.15, 0.2) is 29.7 Å². The zero-order chi connectivity index (χ0) is 18.1. The van der Waals surface area contributed by atoms with Gasteiger partial charge in [0, 0.05) is 0 Å². The molecule has 2 aromatic carbocycles. The third-order valence-corrected chi connectivity index (χ3v) is 5.80. The first-order valence-electron chi connectivity index (χ1n) is 6.05. The summed E-state index contributed by atoms with van der Waals surface area (Å²) in [5, 5.41) is 8.94. The number of phenols is 1. The van der Waals surface area contributed by atoms with Crippen LogP contribution in [0.4, 0.5) is 0 Å². The van der Waals surface area contributed by atoms with E-state index < -0.39 is 15.9 Å². The quantitative estimate of drug-likeness (QED) is 0.352. The lowest BCUT2D eigenvalue weighted by Gasteiger charge is -2.12. The van der Waals surface area contributed by atoms with Crippen LogP contribution >= 0.6 is 58.0 Å². The van der Waals surface area contributed by atoms with Gasteiger partial charge in [-0.15, -0.1) is 0 Å². The maximum absolute atomic E-state index is 12.1. The Bertz CT molecular complexity index is 879. The lowest BCUT2D eigenvalue weighted by Crippen LogP contribution is -2.06. The molecule has 0 saturated carbocycles. The molecular formula is C14H7Cl5O4S. The fourth-order valence-corrected chi connectivity index (χ4v) is 3.62. The normalized spacial score (nSPS) is 11.9. The Morgan fingerprint density at radius 1 is 0.833 bits per heavy atom. The van der Waals surface area contributed by atoms with Gasteiger partial charge < -0.3 is 9.29 Å². The highest BCUT2D eigenvalue weighted by Crippen LogP contribution is 2.48. The lowest BCUT2D eigenvalue weighted by molar-refractivity contribution is 0.475. The van der Waals surface area contributed by atoms with Crippen molar-refractivity contribution < 1.29 is 17.7 Å². The molecule has 0 heterocycles. The van der Waals surface area contributed by atoms with Gasteiger partial charge in [-0.1, -0.05) is 70.1 Å². The van der Waals surface area contributed by atoms with E-state index in [1.807, 2.05) is 0 Å². The minimum atomic E-state index is -4.21. The first-order chi connectivity index (χ1) is 11.1. The molecule has 0 aliphatic carbocycles. The number of aromatic hydroxyl groups is 1. The van der Waals surface area contributed by atoms with Gasteiger partial charge in [-0.2, -0.15) is 8.42 Å². The van der Waals surface area contributed by atoms with Gasteiger partial charge >= 0.3 is 10.1 Å². The summed E-state index contributed by atoms with van der Waals surface area (Å²) in [5.41, 5.74) is 0.518. The lowest BCUT2D eigenvalue weighted by atomic mass is 10.2. The highest BCUT2D eigenvalue weighted by Gasteiger charge is 2.23. The van der Waals surface area contributed by atoms with Crippen LogP contribution in [0.3, 0.4) is 0 Å². The standard InChI is InChI=1S/C14H7Cl5O4S/c15-9-10(16)12(18)14(13(19)11(9)17)23-24(21,22)6-5-7-1-3-8(20)4-2-7/h1-6,20H/b6-5+. The van der Waals surface area contributed by atoms with E-state index in [4.69, 9.17) is 62.2 Å². The summed E-state index contributed by atoms with van der Waals surface area (Å²) in [6, 6.07) is 5.83. The van der Waals surface area contributed by atoms with E-state index in [1.165, 1.54) is 30.3 Å². The summed E-state index contributed by atoms with van der Waals surface area (Å²) < 4.78 is 29.0. The first kappa shape index (κ1) is 19.5. The predicted octanol–water partition coefficient (Wildman–Crippen LogP) is 6.04. The Hall–Kier alpha value is -0.820. The van der Waals surface area contributed by atoms with Crippen molar-refractivity contribution in [3.8, 4) is 11.5 Å². The second-order valence-electron chi connectivity index (χ2n) is 4.37. The molecule has 0 bridgehead atoms. The summed E-state index contributed by atoms with van der Waals surface area (Å²) in [5.74, 6) is -0.372. The van der Waals surface area contributed by atoms with Gasteiger partial charge in [0.05, 0.1) is 20.5 Å². The third kappa shape index (κ3) is 4.42. The van der Waals surface area contributed by atoms with Crippen LogP contribution in [-0.4, -0.2) is 13.5 Å². The van der Waals surface area contributed by atoms with E-state index in [9.17, 15) is 13.5 Å². The van der Waals surface area contributed by atoms with Crippen molar-refractivity contribution in [2.75, 3.05) is 0 Å². The second-order valence-corrected chi connectivity index (χ2v) is 7.68. The molecule has 128 valence electrons. The molecule has 0 unspecified atom stereocenters. The van der Waals surface area contributed by atoms with Crippen molar-refractivity contribution in [2.45, 2.75) is 0 Å². The minimum Gasteiger partial charge on any atom is -0.508 e. The van der Waals surface area contributed by atoms with Crippen LogP contribution in [0.1, 0.15) is 5.56 Å². The molecule has 2 rings (SSSR count). The van der Waals surface area contributed by atoms with E-state index in [0.29, 0.717) is 5.56 Å². The molecular weight excluding hydrogens is 441 g/mol. The third-order valence-electron chi connectivity index (χ3n) is 2.69. The second kappa shape index (κ2) is 7.60. The summed E-state index contributed by atoms with van der Waals surface area (Å²) in [6.45, 7) is 0. The van der Waals surface area contributed by atoms with Crippen molar-refractivity contribution in [1.29, 1.82) is 0 Å². The SMILES string of the molecule is O=S(=O)(/C=C/c1ccc(O)cc1)Oc1c(Cl)c(Cl)c(Cl)c(Cl)c1Cl. The van der Waals surface area contributed by atoms with Crippen LogP contribution in [0, 0.1) is 0 Å². The van der Waals surface area contributed by atoms with Crippen LogP contribution in [0.25, 0.3) is 6.08 Å². The molecule has 0 fully saturated rings. The average Bonchev–Trinajstić information content (AvgIpc) is 2.55. The average molecular weight is 449 g/mol. The van der Waals surface area contributed by atoms with Crippen LogP contribution < -0.4 is 4.18 Å². The van der Waals surface area contributed by atoms with E-state index in [2.05, 4.69) is 0 Å². The Kier molecular flexibility index (Phi) is 6.18. The van der Waals surface area contributed by atoms with Gasteiger partial charge in [-0.3, -0.25) is 0 Å². The van der Waals surface area contributed by atoms with E-state index in [1.54, 1.807) is 0 Å². The fourth-order valence-electron chi connectivity index (χ4n) is 1.55. The maximum Gasteiger partial charge on any atom is 0.332 e. The fraction of sp³-hybridized carbons (Fsp3) is 0. The van der Waals surface area contributed by atoms with Gasteiger partial charge in [0.25, 0.3) is 0 Å². The Morgan fingerprint density at radius 2 is 1.29 bits per heavy atom. The van der Waals surface area contributed by atoms with Crippen molar-refractivity contribution in [1.82, 2.24) is 0 Å². The molecule has 0 aliphatic rings.